The Morgan fingerprint density at radius 3 is 2.39 bits per heavy atom. The maximum Gasteiger partial charge on any atom is 0.407 e. The van der Waals surface area contributed by atoms with Gasteiger partial charge in [-0.3, -0.25) is 4.79 Å². The number of nitrogens with one attached hydrogen (secondary N) is 2. The van der Waals surface area contributed by atoms with Gasteiger partial charge in [0.1, 0.15) is 39.6 Å². The fourth-order valence-electron chi connectivity index (χ4n) is 5.20. The molecule has 0 bridgehead atoms. The number of carbonyl (C=O) groups excluding carboxylic acids is 3. The first kappa shape index (κ1) is 32.8. The molecule has 44 heavy (non-hydrogen) atoms. The lowest BCUT2D eigenvalue weighted by molar-refractivity contribution is 0.00714. The normalized spacial score (nSPS) is 15.7. The number of fused-ring (bicyclic) bond motifs is 1. The molecule has 2 N–H and O–H groups in total. The first-order chi connectivity index (χ1) is 20.5. The molecule has 0 unspecified atom stereocenters. The lowest BCUT2D eigenvalue weighted by Gasteiger charge is -2.36. The number of piperidine rings is 1. The van der Waals surface area contributed by atoms with E-state index in [0.29, 0.717) is 30.8 Å². The summed E-state index contributed by atoms with van der Waals surface area (Å²) in [5.74, 6) is -1.76. The van der Waals surface area contributed by atoms with Gasteiger partial charge in [-0.2, -0.15) is 0 Å². The Labute approximate surface area is 259 Å². The van der Waals surface area contributed by atoms with Gasteiger partial charge in [0.05, 0.1) is 13.7 Å². The van der Waals surface area contributed by atoms with Crippen molar-refractivity contribution < 1.29 is 33.0 Å². The molecule has 1 saturated heterocycles. The van der Waals surface area contributed by atoms with Crippen LogP contribution in [-0.4, -0.2) is 65.0 Å². The number of esters is 2. The van der Waals surface area contributed by atoms with Gasteiger partial charge in [0.2, 0.25) is 0 Å². The van der Waals surface area contributed by atoms with E-state index >= 15 is 0 Å². The zero-order valence-electron chi connectivity index (χ0n) is 25.9. The van der Waals surface area contributed by atoms with Crippen LogP contribution in [-0.2, 0) is 20.8 Å². The fraction of sp³-hybridized carbons (Fsp3) is 0.484. The number of amides is 1. The predicted octanol–water partition coefficient (Wildman–Crippen LogP) is 5.41. The van der Waals surface area contributed by atoms with E-state index in [4.69, 9.17) is 25.8 Å². The van der Waals surface area contributed by atoms with Crippen LogP contribution >= 0.6 is 11.6 Å². The molecule has 0 radical (unpaired) electrons. The van der Waals surface area contributed by atoms with Crippen LogP contribution in [0, 0.1) is 5.82 Å². The lowest BCUT2D eigenvalue weighted by Crippen LogP contribution is -2.49. The largest absolute Gasteiger partial charge is 0.464 e. The first-order valence-electron chi connectivity index (χ1n) is 14.3. The Morgan fingerprint density at radius 1 is 1.07 bits per heavy atom. The molecular weight excluding hydrogens is 595 g/mol. The summed E-state index contributed by atoms with van der Waals surface area (Å²) < 4.78 is 32.0. The van der Waals surface area contributed by atoms with Crippen LogP contribution in [0.3, 0.4) is 0 Å². The van der Waals surface area contributed by atoms with Crippen molar-refractivity contribution in [3.8, 4) is 0 Å². The average Bonchev–Trinajstić information content (AvgIpc) is 3.23. The molecule has 3 heterocycles. The van der Waals surface area contributed by atoms with Crippen LogP contribution in [0.2, 0.25) is 5.02 Å². The molecule has 1 atom stereocenters. The molecule has 1 aliphatic heterocycles. The predicted molar refractivity (Wildman–Crippen MR) is 164 cm³/mol. The summed E-state index contributed by atoms with van der Waals surface area (Å²) in [6.07, 6.45) is 0.684. The lowest BCUT2D eigenvalue weighted by atomic mass is 10.0. The van der Waals surface area contributed by atoms with Crippen LogP contribution < -0.4 is 15.8 Å². The smallest absolute Gasteiger partial charge is 0.407 e. The molecule has 1 aliphatic rings. The maximum absolute atomic E-state index is 14.4. The van der Waals surface area contributed by atoms with Gasteiger partial charge in [0.15, 0.2) is 0 Å². The zero-order valence-corrected chi connectivity index (χ0v) is 26.7. The number of alkyl carbamates (subject to hydrolysis) is 1. The summed E-state index contributed by atoms with van der Waals surface area (Å²) in [6, 6.07) is 4.90. The molecule has 1 fully saturated rings. The Bertz CT molecular complexity index is 1650. The van der Waals surface area contributed by atoms with Gasteiger partial charge in [-0.25, -0.2) is 18.8 Å². The highest BCUT2D eigenvalue weighted by Crippen LogP contribution is 2.36. The minimum atomic E-state index is -0.899. The molecule has 3 aromatic rings. The molecule has 238 valence electrons. The van der Waals surface area contributed by atoms with Crippen LogP contribution in [0.4, 0.5) is 15.0 Å². The fourth-order valence-corrected chi connectivity index (χ4v) is 5.38. The number of anilines is 1. The van der Waals surface area contributed by atoms with E-state index in [9.17, 15) is 23.6 Å². The van der Waals surface area contributed by atoms with E-state index in [1.54, 1.807) is 46.1 Å². The van der Waals surface area contributed by atoms with Gasteiger partial charge in [0, 0.05) is 29.5 Å². The standard InChI is InChI=1S/C31H38ClFN4O7/c1-30(2,3)43-28(40)23-20-14-22(27(39)42-7)35-25(38)24(20)37(15-17-13-18(33)10-11-21(17)32)26(23)36-12-8-9-19(16-36)34-29(41)44-31(4,5)6/h10-11,13-14,19H,8-9,12,15-16H2,1-7H3,(H,34,41)(H,35,38)/t19-/m1/s1. The summed E-state index contributed by atoms with van der Waals surface area (Å²) in [6.45, 7) is 11.1. The van der Waals surface area contributed by atoms with E-state index in [-0.39, 0.29) is 46.3 Å². The van der Waals surface area contributed by atoms with Crippen LogP contribution in [0.25, 0.3) is 10.9 Å². The first-order valence-corrected chi connectivity index (χ1v) is 14.6. The van der Waals surface area contributed by atoms with Crippen LogP contribution in [0.15, 0.2) is 29.1 Å². The third kappa shape index (κ3) is 7.53. The van der Waals surface area contributed by atoms with Crippen molar-refractivity contribution in [2.45, 2.75) is 78.2 Å². The van der Waals surface area contributed by atoms with E-state index < -0.39 is 40.6 Å². The molecule has 0 spiro atoms. The monoisotopic (exact) mass is 632 g/mol. The molecular formula is C31H38ClFN4O7. The number of halogens is 2. The molecule has 11 nitrogen and oxygen atoms in total. The summed E-state index contributed by atoms with van der Waals surface area (Å²) in [4.78, 5) is 57.1. The van der Waals surface area contributed by atoms with Gasteiger partial charge in [0.25, 0.3) is 5.56 Å². The van der Waals surface area contributed by atoms with Crippen molar-refractivity contribution >= 4 is 46.4 Å². The quantitative estimate of drug-likeness (QED) is 0.273. The SMILES string of the molecule is COC(=O)c1cc2c(C(=O)OC(C)(C)C)c(N3CCC[C@@H](NC(=O)OC(C)(C)C)C3)n(Cc3cc(F)ccc3Cl)c2c(=O)[nH]1. The Kier molecular flexibility index (Phi) is 9.34. The Hall–Kier alpha value is -4.06. The van der Waals surface area contributed by atoms with Crippen LogP contribution in [0.1, 0.15) is 80.8 Å². The van der Waals surface area contributed by atoms with E-state index in [0.717, 1.165) is 0 Å². The number of ether oxygens (including phenoxy) is 3. The minimum absolute atomic E-state index is 0.0385. The molecule has 13 heteroatoms. The van der Waals surface area contributed by atoms with Gasteiger partial charge < -0.3 is 34.0 Å². The minimum Gasteiger partial charge on any atom is -0.464 e. The molecule has 4 rings (SSSR count). The van der Waals surface area contributed by atoms with Crippen molar-refractivity contribution in [2.24, 2.45) is 0 Å². The molecule has 2 aromatic heterocycles. The summed E-state index contributed by atoms with van der Waals surface area (Å²) in [5.41, 5.74) is -1.98. The van der Waals surface area contributed by atoms with Gasteiger partial charge >= 0.3 is 18.0 Å². The van der Waals surface area contributed by atoms with Crippen molar-refractivity contribution in [3.63, 3.8) is 0 Å². The number of aromatic amines is 1. The highest BCUT2D eigenvalue weighted by Gasteiger charge is 2.35. The van der Waals surface area contributed by atoms with Crippen molar-refractivity contribution in [1.82, 2.24) is 14.9 Å². The van der Waals surface area contributed by atoms with Gasteiger partial charge in [-0.1, -0.05) is 11.6 Å². The zero-order chi connectivity index (χ0) is 32.6. The third-order valence-corrected chi connectivity index (χ3v) is 7.18. The number of nitrogens with zero attached hydrogens (tertiary/aromatic N) is 2. The average molecular weight is 633 g/mol. The second-order valence-corrected chi connectivity index (χ2v) is 13.1. The second-order valence-electron chi connectivity index (χ2n) is 12.7. The van der Waals surface area contributed by atoms with E-state index in [1.807, 2.05) is 4.90 Å². The Morgan fingerprint density at radius 2 is 1.75 bits per heavy atom. The number of benzene rings is 1. The number of methoxy groups -OCH3 is 1. The topological polar surface area (TPSA) is 132 Å². The van der Waals surface area contributed by atoms with E-state index in [1.165, 1.54) is 31.4 Å². The maximum atomic E-state index is 14.4. The Balaban J connectivity index is 1.96. The number of rotatable bonds is 6. The number of hydrogen-bond acceptors (Lipinski definition) is 8. The second kappa shape index (κ2) is 12.5. The molecule has 1 aromatic carbocycles. The molecule has 0 saturated carbocycles. The summed E-state index contributed by atoms with van der Waals surface area (Å²) >= 11 is 6.46. The van der Waals surface area contributed by atoms with Crippen molar-refractivity contribution in [2.75, 3.05) is 25.1 Å². The summed E-state index contributed by atoms with van der Waals surface area (Å²) in [7, 11) is 1.17. The highest BCUT2D eigenvalue weighted by atomic mass is 35.5. The number of aromatic nitrogens is 2. The number of carbonyl (C=O) groups is 3. The number of pyridine rings is 1. The van der Waals surface area contributed by atoms with Crippen LogP contribution in [0.5, 0.6) is 0 Å². The van der Waals surface area contributed by atoms with E-state index in [2.05, 4.69) is 10.3 Å². The highest BCUT2D eigenvalue weighted by molar-refractivity contribution is 6.31. The van der Waals surface area contributed by atoms with Crippen molar-refractivity contribution in [1.29, 1.82) is 0 Å². The van der Waals surface area contributed by atoms with Gasteiger partial charge in [-0.05, 0) is 84.2 Å². The number of hydrogen-bond donors (Lipinski definition) is 2. The summed E-state index contributed by atoms with van der Waals surface area (Å²) in [5, 5.41) is 3.30. The third-order valence-electron chi connectivity index (χ3n) is 6.81. The number of H-pyrrole nitrogens is 1. The molecule has 1 amide bonds. The van der Waals surface area contributed by atoms with Gasteiger partial charge in [-0.15, -0.1) is 0 Å². The molecule has 0 aliphatic carbocycles. The van der Waals surface area contributed by atoms with Crippen molar-refractivity contribution in [3.05, 3.63) is 62.3 Å².